The van der Waals surface area contributed by atoms with Gasteiger partial charge in [-0.1, -0.05) is 29.3 Å². The monoisotopic (exact) mass is 275 g/mol. The Morgan fingerprint density at radius 1 is 1.24 bits per heavy atom. The van der Waals surface area contributed by atoms with Gasteiger partial charge in [-0.25, -0.2) is 0 Å². The normalized spacial score (nSPS) is 20.5. The Labute approximate surface area is 111 Å². The molecular formula is C12H15Cl2NO2. The van der Waals surface area contributed by atoms with Gasteiger partial charge in [0.2, 0.25) is 0 Å². The number of nitrogens with one attached hydrogen (secondary N) is 1. The van der Waals surface area contributed by atoms with Crippen LogP contribution in [-0.4, -0.2) is 32.5 Å². The average molecular weight is 276 g/mol. The minimum atomic E-state index is 0.145. The summed E-state index contributed by atoms with van der Waals surface area (Å²) in [5, 5.41) is 4.48. The lowest BCUT2D eigenvalue weighted by molar-refractivity contribution is -0.0864. The van der Waals surface area contributed by atoms with Gasteiger partial charge >= 0.3 is 0 Å². The maximum Gasteiger partial charge on any atom is 0.0933 e. The summed E-state index contributed by atoms with van der Waals surface area (Å²) in [6.45, 7) is 3.56. The van der Waals surface area contributed by atoms with Crippen LogP contribution in [0.2, 0.25) is 10.0 Å². The van der Waals surface area contributed by atoms with E-state index in [1.165, 1.54) is 0 Å². The van der Waals surface area contributed by atoms with Crippen molar-refractivity contribution in [2.45, 2.75) is 12.6 Å². The lowest BCUT2D eigenvalue weighted by Gasteiger charge is -2.23. The third-order valence-electron chi connectivity index (χ3n) is 2.57. The predicted molar refractivity (Wildman–Crippen MR) is 68.7 cm³/mol. The fourth-order valence-corrected chi connectivity index (χ4v) is 2.00. The number of hydrogen-bond acceptors (Lipinski definition) is 3. The Morgan fingerprint density at radius 3 is 2.82 bits per heavy atom. The Bertz CT molecular complexity index is 368. The molecule has 1 fully saturated rings. The highest BCUT2D eigenvalue weighted by Gasteiger charge is 2.13. The maximum absolute atomic E-state index is 5.94. The van der Waals surface area contributed by atoms with E-state index in [1.54, 1.807) is 6.07 Å². The first-order valence-corrected chi connectivity index (χ1v) is 6.35. The van der Waals surface area contributed by atoms with Crippen LogP contribution in [0.5, 0.6) is 0 Å². The highest BCUT2D eigenvalue weighted by Crippen LogP contribution is 2.22. The highest BCUT2D eigenvalue weighted by molar-refractivity contribution is 6.42. The summed E-state index contributed by atoms with van der Waals surface area (Å²) < 4.78 is 10.8. The van der Waals surface area contributed by atoms with E-state index in [1.807, 2.05) is 12.1 Å². The van der Waals surface area contributed by atoms with Gasteiger partial charge in [0.1, 0.15) is 0 Å². The van der Waals surface area contributed by atoms with Crippen LogP contribution in [-0.2, 0) is 16.0 Å². The van der Waals surface area contributed by atoms with Crippen molar-refractivity contribution >= 4 is 23.2 Å². The van der Waals surface area contributed by atoms with Gasteiger partial charge in [0.05, 0.1) is 36.0 Å². The first-order valence-electron chi connectivity index (χ1n) is 5.59. The first-order chi connectivity index (χ1) is 8.25. The third kappa shape index (κ3) is 4.12. The summed E-state index contributed by atoms with van der Waals surface area (Å²) in [7, 11) is 0. The molecule has 0 bridgehead atoms. The van der Waals surface area contributed by atoms with Crippen LogP contribution in [0.15, 0.2) is 18.2 Å². The molecule has 94 valence electrons. The van der Waals surface area contributed by atoms with E-state index in [-0.39, 0.29) is 6.10 Å². The Balaban J connectivity index is 1.75. The van der Waals surface area contributed by atoms with Crippen LogP contribution in [0.1, 0.15) is 5.56 Å². The fraction of sp³-hybridized carbons (Fsp3) is 0.500. The minimum Gasteiger partial charge on any atom is -0.376 e. The van der Waals surface area contributed by atoms with Gasteiger partial charge < -0.3 is 14.8 Å². The molecule has 0 aliphatic carbocycles. The number of benzene rings is 1. The van der Waals surface area contributed by atoms with Crippen molar-refractivity contribution in [1.82, 2.24) is 5.32 Å². The van der Waals surface area contributed by atoms with Crippen LogP contribution in [0.25, 0.3) is 0 Å². The molecule has 1 aliphatic heterocycles. The zero-order chi connectivity index (χ0) is 12.1. The summed E-state index contributed by atoms with van der Waals surface area (Å²) in [6, 6.07) is 5.63. The van der Waals surface area contributed by atoms with Crippen LogP contribution in [0.4, 0.5) is 0 Å². The molecule has 1 saturated heterocycles. The second-order valence-electron chi connectivity index (χ2n) is 3.95. The molecule has 0 saturated carbocycles. The standard InChI is InChI=1S/C12H15Cl2NO2/c13-11-2-1-9(5-12(11)14)6-15-7-10-8-16-3-4-17-10/h1-2,5,10,15H,3-4,6-8H2. The van der Waals surface area contributed by atoms with Gasteiger partial charge in [-0.3, -0.25) is 0 Å². The Kier molecular flexibility index (Phi) is 5.07. The molecule has 0 spiro atoms. The molecular weight excluding hydrogens is 261 g/mol. The van der Waals surface area contributed by atoms with Gasteiger partial charge in [0.15, 0.2) is 0 Å². The predicted octanol–water partition coefficient (Wildman–Crippen LogP) is 2.50. The molecule has 1 heterocycles. The van der Waals surface area contributed by atoms with E-state index in [4.69, 9.17) is 32.7 Å². The van der Waals surface area contributed by atoms with E-state index in [0.717, 1.165) is 18.7 Å². The van der Waals surface area contributed by atoms with Crippen molar-refractivity contribution in [2.75, 3.05) is 26.4 Å². The number of halogens is 2. The van der Waals surface area contributed by atoms with E-state index >= 15 is 0 Å². The third-order valence-corrected chi connectivity index (χ3v) is 3.31. The highest BCUT2D eigenvalue weighted by atomic mass is 35.5. The largest absolute Gasteiger partial charge is 0.376 e. The van der Waals surface area contributed by atoms with Crippen molar-refractivity contribution in [3.8, 4) is 0 Å². The first kappa shape index (κ1) is 13.1. The summed E-state index contributed by atoms with van der Waals surface area (Å²) >= 11 is 11.8. The molecule has 3 nitrogen and oxygen atoms in total. The van der Waals surface area contributed by atoms with Crippen LogP contribution < -0.4 is 5.32 Å². The number of rotatable bonds is 4. The summed E-state index contributed by atoms with van der Waals surface area (Å²) in [6.07, 6.45) is 0.145. The van der Waals surface area contributed by atoms with Gasteiger partial charge in [-0.05, 0) is 17.7 Å². The number of ether oxygens (including phenoxy) is 2. The fourth-order valence-electron chi connectivity index (χ4n) is 1.68. The molecule has 17 heavy (non-hydrogen) atoms. The van der Waals surface area contributed by atoms with Gasteiger partial charge in [0.25, 0.3) is 0 Å². The molecule has 1 unspecified atom stereocenters. The van der Waals surface area contributed by atoms with Crippen LogP contribution in [0, 0.1) is 0 Å². The zero-order valence-corrected chi connectivity index (χ0v) is 10.9. The Morgan fingerprint density at radius 2 is 2.12 bits per heavy atom. The molecule has 0 radical (unpaired) electrons. The second-order valence-corrected chi connectivity index (χ2v) is 4.76. The summed E-state index contributed by atoms with van der Waals surface area (Å²) in [5.74, 6) is 0. The molecule has 0 amide bonds. The van der Waals surface area contributed by atoms with Crippen LogP contribution >= 0.6 is 23.2 Å². The van der Waals surface area contributed by atoms with Crippen molar-refractivity contribution < 1.29 is 9.47 Å². The molecule has 2 rings (SSSR count). The van der Waals surface area contributed by atoms with Gasteiger partial charge in [0, 0.05) is 13.1 Å². The molecule has 1 aliphatic rings. The van der Waals surface area contributed by atoms with Gasteiger partial charge in [-0.15, -0.1) is 0 Å². The smallest absolute Gasteiger partial charge is 0.0933 e. The molecule has 1 N–H and O–H groups in total. The van der Waals surface area contributed by atoms with Gasteiger partial charge in [-0.2, -0.15) is 0 Å². The molecule has 0 aromatic heterocycles. The van der Waals surface area contributed by atoms with Crippen molar-refractivity contribution in [3.63, 3.8) is 0 Å². The van der Waals surface area contributed by atoms with E-state index in [0.29, 0.717) is 29.9 Å². The summed E-state index contributed by atoms with van der Waals surface area (Å²) in [5.41, 5.74) is 1.11. The zero-order valence-electron chi connectivity index (χ0n) is 9.42. The van der Waals surface area contributed by atoms with Crippen molar-refractivity contribution in [3.05, 3.63) is 33.8 Å². The van der Waals surface area contributed by atoms with E-state index in [9.17, 15) is 0 Å². The van der Waals surface area contributed by atoms with E-state index < -0.39 is 0 Å². The molecule has 1 aromatic rings. The topological polar surface area (TPSA) is 30.5 Å². The molecule has 5 heteroatoms. The quantitative estimate of drug-likeness (QED) is 0.916. The van der Waals surface area contributed by atoms with Crippen LogP contribution in [0.3, 0.4) is 0 Å². The SMILES string of the molecule is Clc1ccc(CNCC2COCCO2)cc1Cl. The van der Waals surface area contributed by atoms with Crippen molar-refractivity contribution in [2.24, 2.45) is 0 Å². The van der Waals surface area contributed by atoms with E-state index in [2.05, 4.69) is 5.32 Å². The minimum absolute atomic E-state index is 0.145. The number of hydrogen-bond donors (Lipinski definition) is 1. The second kappa shape index (κ2) is 6.57. The lowest BCUT2D eigenvalue weighted by Crippen LogP contribution is -2.37. The molecule has 1 atom stereocenters. The maximum atomic E-state index is 5.94. The lowest BCUT2D eigenvalue weighted by atomic mass is 10.2. The average Bonchev–Trinajstić information content (AvgIpc) is 2.35. The molecule has 1 aromatic carbocycles. The summed E-state index contributed by atoms with van der Waals surface area (Å²) in [4.78, 5) is 0. The van der Waals surface area contributed by atoms with Crippen molar-refractivity contribution in [1.29, 1.82) is 0 Å². The Hall–Kier alpha value is -0.320.